The van der Waals surface area contributed by atoms with Crippen molar-refractivity contribution in [2.24, 2.45) is 5.41 Å². The Labute approximate surface area is 166 Å². The minimum absolute atomic E-state index is 0.200. The third-order valence-corrected chi connectivity index (χ3v) is 6.00. The molecule has 0 amide bonds. The van der Waals surface area contributed by atoms with E-state index >= 15 is 0 Å². The first-order chi connectivity index (χ1) is 13.8. The second-order valence-corrected chi connectivity index (χ2v) is 8.18. The van der Waals surface area contributed by atoms with E-state index < -0.39 is 17.6 Å². The molecule has 0 unspecified atom stereocenters. The number of aryl methyl sites for hydroxylation is 1. The summed E-state index contributed by atoms with van der Waals surface area (Å²) in [5, 5.41) is 4.14. The summed E-state index contributed by atoms with van der Waals surface area (Å²) in [4.78, 5) is 7.34. The second kappa shape index (κ2) is 7.44. The van der Waals surface area contributed by atoms with Crippen LogP contribution in [-0.2, 0) is 12.6 Å². The Morgan fingerprint density at radius 1 is 1.14 bits per heavy atom. The van der Waals surface area contributed by atoms with Gasteiger partial charge in [-0.1, -0.05) is 6.92 Å². The first kappa shape index (κ1) is 19.9. The smallest absolute Gasteiger partial charge is 0.346 e. The minimum Gasteiger partial charge on any atom is -0.346 e. The highest BCUT2D eigenvalue weighted by atomic mass is 19.4. The molecule has 29 heavy (non-hydrogen) atoms. The van der Waals surface area contributed by atoms with E-state index in [1.54, 1.807) is 12.4 Å². The number of nitrogens with one attached hydrogen (secondary N) is 2. The van der Waals surface area contributed by atoms with E-state index in [0.29, 0.717) is 17.3 Å². The molecule has 0 aliphatic carbocycles. The van der Waals surface area contributed by atoms with Gasteiger partial charge in [-0.2, -0.15) is 13.2 Å². The van der Waals surface area contributed by atoms with Gasteiger partial charge in [0.1, 0.15) is 11.5 Å². The van der Waals surface area contributed by atoms with Gasteiger partial charge in [0, 0.05) is 23.3 Å². The first-order valence-electron chi connectivity index (χ1n) is 9.79. The standard InChI is InChI=1S/C22H23F4N3/c1-21(5-8-27-9-6-21)4-2-14-3-7-28-20-19(14)18(13-29-20)15-10-16(22(24,25)26)12-17(23)11-15/h3,7,10-13,27H,2,4-6,8-9H2,1H3,(H,28,29). The average molecular weight is 405 g/mol. The first-order valence-corrected chi connectivity index (χ1v) is 9.79. The Balaban J connectivity index is 1.73. The lowest BCUT2D eigenvalue weighted by Gasteiger charge is -2.34. The topological polar surface area (TPSA) is 40.7 Å². The Morgan fingerprint density at radius 3 is 2.62 bits per heavy atom. The Hall–Kier alpha value is -2.41. The van der Waals surface area contributed by atoms with E-state index in [0.717, 1.165) is 61.9 Å². The molecule has 0 bridgehead atoms. The van der Waals surface area contributed by atoms with Crippen molar-refractivity contribution in [2.45, 2.75) is 38.8 Å². The monoisotopic (exact) mass is 405 g/mol. The molecule has 1 aliphatic rings. The zero-order valence-electron chi connectivity index (χ0n) is 16.2. The van der Waals surface area contributed by atoms with E-state index in [9.17, 15) is 17.6 Å². The molecule has 3 aromatic rings. The molecule has 1 aliphatic heterocycles. The Bertz CT molecular complexity index is 1020. The zero-order chi connectivity index (χ0) is 20.6. The normalized spacial score (nSPS) is 17.0. The van der Waals surface area contributed by atoms with Crippen molar-refractivity contribution in [3.8, 4) is 11.1 Å². The van der Waals surface area contributed by atoms with Crippen molar-refractivity contribution < 1.29 is 17.6 Å². The van der Waals surface area contributed by atoms with Gasteiger partial charge in [0.15, 0.2) is 0 Å². The second-order valence-electron chi connectivity index (χ2n) is 8.18. The summed E-state index contributed by atoms with van der Waals surface area (Å²) in [6.07, 6.45) is 2.68. The van der Waals surface area contributed by atoms with Crippen LogP contribution in [0.2, 0.25) is 0 Å². The number of hydrogen-bond donors (Lipinski definition) is 2. The van der Waals surface area contributed by atoms with E-state index in [1.165, 1.54) is 0 Å². The van der Waals surface area contributed by atoms with Gasteiger partial charge >= 0.3 is 6.18 Å². The van der Waals surface area contributed by atoms with Crippen molar-refractivity contribution in [3.63, 3.8) is 0 Å². The maximum absolute atomic E-state index is 14.0. The van der Waals surface area contributed by atoms with Crippen LogP contribution in [0.3, 0.4) is 0 Å². The lowest BCUT2D eigenvalue weighted by atomic mass is 9.76. The van der Waals surface area contributed by atoms with Gasteiger partial charge in [-0.05, 0) is 79.6 Å². The number of benzene rings is 1. The molecule has 1 fully saturated rings. The number of halogens is 4. The van der Waals surface area contributed by atoms with Crippen molar-refractivity contribution in [2.75, 3.05) is 13.1 Å². The molecule has 2 N–H and O–H groups in total. The highest BCUT2D eigenvalue weighted by Crippen LogP contribution is 2.38. The molecule has 3 nitrogen and oxygen atoms in total. The number of alkyl halides is 3. The number of rotatable bonds is 4. The molecule has 0 radical (unpaired) electrons. The number of aromatic amines is 1. The van der Waals surface area contributed by atoms with Gasteiger partial charge in [0.25, 0.3) is 0 Å². The van der Waals surface area contributed by atoms with Crippen LogP contribution in [0.5, 0.6) is 0 Å². The summed E-state index contributed by atoms with van der Waals surface area (Å²) in [7, 11) is 0. The quantitative estimate of drug-likeness (QED) is 0.546. The third kappa shape index (κ3) is 4.15. The fourth-order valence-corrected chi connectivity index (χ4v) is 4.19. The van der Waals surface area contributed by atoms with Crippen LogP contribution < -0.4 is 5.32 Å². The van der Waals surface area contributed by atoms with Crippen molar-refractivity contribution in [1.82, 2.24) is 15.3 Å². The summed E-state index contributed by atoms with van der Waals surface area (Å²) in [6.45, 7) is 4.29. The van der Waals surface area contributed by atoms with Gasteiger partial charge in [-0.15, -0.1) is 0 Å². The summed E-state index contributed by atoms with van der Waals surface area (Å²) >= 11 is 0. The number of H-pyrrole nitrogens is 1. The van der Waals surface area contributed by atoms with Gasteiger partial charge in [-0.25, -0.2) is 9.37 Å². The van der Waals surface area contributed by atoms with Crippen molar-refractivity contribution >= 4 is 11.0 Å². The molecule has 154 valence electrons. The number of fused-ring (bicyclic) bond motifs is 1. The van der Waals surface area contributed by atoms with Crippen LogP contribution in [0.15, 0.2) is 36.7 Å². The Morgan fingerprint density at radius 2 is 1.90 bits per heavy atom. The maximum atomic E-state index is 14.0. The number of hydrogen-bond acceptors (Lipinski definition) is 2. The van der Waals surface area contributed by atoms with Crippen LogP contribution in [0.4, 0.5) is 17.6 Å². The minimum atomic E-state index is -4.60. The molecule has 7 heteroatoms. The molecule has 0 spiro atoms. The van der Waals surface area contributed by atoms with Crippen LogP contribution in [0, 0.1) is 11.2 Å². The molecule has 0 atom stereocenters. The molecule has 0 saturated carbocycles. The van der Waals surface area contributed by atoms with E-state index in [-0.39, 0.29) is 11.0 Å². The largest absolute Gasteiger partial charge is 0.416 e. The fourth-order valence-electron chi connectivity index (χ4n) is 4.19. The van der Waals surface area contributed by atoms with Gasteiger partial charge in [0.2, 0.25) is 0 Å². The average Bonchev–Trinajstić information content (AvgIpc) is 3.11. The highest BCUT2D eigenvalue weighted by molar-refractivity contribution is 5.96. The van der Waals surface area contributed by atoms with Gasteiger partial charge < -0.3 is 10.3 Å². The fraction of sp³-hybridized carbons (Fsp3) is 0.409. The molecule has 3 heterocycles. The summed E-state index contributed by atoms with van der Waals surface area (Å²) in [5.41, 5.74) is 1.61. The highest BCUT2D eigenvalue weighted by Gasteiger charge is 2.32. The molecule has 2 aromatic heterocycles. The van der Waals surface area contributed by atoms with Crippen LogP contribution in [0.1, 0.15) is 37.3 Å². The predicted octanol–water partition coefficient (Wildman–Crippen LogP) is 5.71. The number of piperidine rings is 1. The van der Waals surface area contributed by atoms with Crippen LogP contribution in [0.25, 0.3) is 22.2 Å². The van der Waals surface area contributed by atoms with Crippen LogP contribution in [-0.4, -0.2) is 23.1 Å². The third-order valence-electron chi connectivity index (χ3n) is 6.00. The number of nitrogens with zero attached hydrogens (tertiary/aromatic N) is 1. The summed E-state index contributed by atoms with van der Waals surface area (Å²) < 4.78 is 53.4. The van der Waals surface area contributed by atoms with Gasteiger partial charge in [-0.3, -0.25) is 0 Å². The van der Waals surface area contributed by atoms with Crippen LogP contribution >= 0.6 is 0 Å². The molecule has 1 aromatic carbocycles. The maximum Gasteiger partial charge on any atom is 0.416 e. The summed E-state index contributed by atoms with van der Waals surface area (Å²) in [5.74, 6) is -0.906. The van der Waals surface area contributed by atoms with E-state index in [4.69, 9.17) is 0 Å². The molecule has 1 saturated heterocycles. The van der Waals surface area contributed by atoms with Crippen molar-refractivity contribution in [3.05, 3.63) is 53.6 Å². The number of pyridine rings is 1. The molecular weight excluding hydrogens is 382 g/mol. The zero-order valence-corrected chi connectivity index (χ0v) is 16.2. The SMILES string of the molecule is CC1(CCc2ccnc3[nH]cc(-c4cc(F)cc(C(F)(F)F)c4)c23)CCNCC1. The number of aromatic nitrogens is 2. The van der Waals surface area contributed by atoms with Gasteiger partial charge in [0.05, 0.1) is 5.56 Å². The molecular formula is C22H23F4N3. The lowest BCUT2D eigenvalue weighted by molar-refractivity contribution is -0.137. The predicted molar refractivity (Wildman–Crippen MR) is 105 cm³/mol. The Kier molecular flexibility index (Phi) is 5.11. The van der Waals surface area contributed by atoms with Crippen molar-refractivity contribution in [1.29, 1.82) is 0 Å². The molecule has 4 rings (SSSR count). The van der Waals surface area contributed by atoms with E-state index in [1.807, 2.05) is 6.07 Å². The van der Waals surface area contributed by atoms with E-state index in [2.05, 4.69) is 22.2 Å². The lowest BCUT2D eigenvalue weighted by Crippen LogP contribution is -2.35. The summed E-state index contributed by atoms with van der Waals surface area (Å²) in [6, 6.07) is 4.57.